The smallest absolute Gasteiger partial charge is 0.308 e. The van der Waals surface area contributed by atoms with Crippen LogP contribution in [-0.4, -0.2) is 32.1 Å². The number of ether oxygens (including phenoxy) is 1. The molecule has 0 radical (unpaired) electrons. The quantitative estimate of drug-likeness (QED) is 0.487. The summed E-state index contributed by atoms with van der Waals surface area (Å²) in [6, 6.07) is 0. The zero-order chi connectivity index (χ0) is 21.5. The Morgan fingerprint density at radius 3 is 2.32 bits per heavy atom. The van der Waals surface area contributed by atoms with Crippen LogP contribution in [0.4, 0.5) is 0 Å². The van der Waals surface area contributed by atoms with Crippen LogP contribution in [0.15, 0.2) is 0 Å². The van der Waals surface area contributed by atoms with Gasteiger partial charge in [0.25, 0.3) is 0 Å². The molecular formula is C23H46N2O3. The largest absolute Gasteiger partial charge is 0.469 e. The third-order valence-electron chi connectivity index (χ3n) is 6.26. The summed E-state index contributed by atoms with van der Waals surface area (Å²) in [6.07, 6.45) is 10.5. The standard InChI is InChI=1S/C11H20.C10H21NO2.C2H5NO/c1-8-6-10-4-3-5-11(7-10)9(8)2;1-4-6-9(10(12)13-3)7-8-11-5-2;1-2(3)4/h8-11H,3-7H2,1-2H3;9,11H,4-8H2,1-3H3;1H3,(H2,3,4). The maximum atomic E-state index is 11.2. The molecule has 0 aromatic carbocycles. The summed E-state index contributed by atoms with van der Waals surface area (Å²) in [5.74, 6) is 3.91. The van der Waals surface area contributed by atoms with E-state index >= 15 is 0 Å². The fourth-order valence-corrected chi connectivity index (χ4v) is 4.58. The lowest BCUT2D eigenvalue weighted by atomic mass is 9.63. The molecule has 2 bridgehead atoms. The lowest BCUT2D eigenvalue weighted by molar-refractivity contribution is -0.145. The van der Waals surface area contributed by atoms with Crippen molar-refractivity contribution in [3.63, 3.8) is 0 Å². The number of carbonyl (C=O) groups is 2. The molecule has 2 aliphatic carbocycles. The summed E-state index contributed by atoms with van der Waals surface area (Å²) in [6.45, 7) is 12.2. The SMILES string of the molecule is CC(N)=O.CC1CC2CCCC(C2)C1C.CCCC(CCNCC)C(=O)OC. The Labute approximate surface area is 173 Å². The fraction of sp³-hybridized carbons (Fsp3) is 0.913. The van der Waals surface area contributed by atoms with Gasteiger partial charge in [0.05, 0.1) is 13.0 Å². The first-order chi connectivity index (χ1) is 13.3. The average molecular weight is 399 g/mol. The highest BCUT2D eigenvalue weighted by atomic mass is 16.5. The molecule has 2 fully saturated rings. The molecule has 0 heterocycles. The van der Waals surface area contributed by atoms with Crippen LogP contribution in [-0.2, 0) is 14.3 Å². The average Bonchev–Trinajstić information content (AvgIpc) is 2.65. The Morgan fingerprint density at radius 2 is 1.79 bits per heavy atom. The van der Waals surface area contributed by atoms with E-state index in [9.17, 15) is 9.59 Å². The zero-order valence-corrected chi connectivity index (χ0v) is 19.3. The van der Waals surface area contributed by atoms with Gasteiger partial charge in [-0.1, -0.05) is 53.4 Å². The van der Waals surface area contributed by atoms with Crippen molar-refractivity contribution in [2.24, 2.45) is 35.3 Å². The molecule has 0 aromatic heterocycles. The van der Waals surface area contributed by atoms with Crippen molar-refractivity contribution in [1.29, 1.82) is 0 Å². The minimum Gasteiger partial charge on any atom is -0.469 e. The van der Waals surface area contributed by atoms with Crippen LogP contribution < -0.4 is 11.1 Å². The molecule has 5 unspecified atom stereocenters. The van der Waals surface area contributed by atoms with Gasteiger partial charge in [0.1, 0.15) is 0 Å². The van der Waals surface area contributed by atoms with Crippen LogP contribution in [0.25, 0.3) is 0 Å². The lowest BCUT2D eigenvalue weighted by Gasteiger charge is -2.42. The highest BCUT2D eigenvalue weighted by molar-refractivity contribution is 5.72. The van der Waals surface area contributed by atoms with Crippen molar-refractivity contribution in [1.82, 2.24) is 5.32 Å². The summed E-state index contributed by atoms with van der Waals surface area (Å²) in [5, 5.41) is 3.21. The number of hydrogen-bond donors (Lipinski definition) is 2. The molecule has 2 aliphatic rings. The number of esters is 1. The van der Waals surface area contributed by atoms with Crippen molar-refractivity contribution in [3.8, 4) is 0 Å². The molecular weight excluding hydrogens is 352 g/mol. The van der Waals surface area contributed by atoms with Crippen LogP contribution >= 0.6 is 0 Å². The third-order valence-corrected chi connectivity index (χ3v) is 6.26. The third kappa shape index (κ3) is 11.7. The number of amides is 1. The van der Waals surface area contributed by atoms with E-state index < -0.39 is 0 Å². The van der Waals surface area contributed by atoms with E-state index in [2.05, 4.69) is 38.7 Å². The maximum Gasteiger partial charge on any atom is 0.308 e. The van der Waals surface area contributed by atoms with Crippen molar-refractivity contribution >= 4 is 11.9 Å². The predicted molar refractivity (Wildman–Crippen MR) is 117 cm³/mol. The lowest BCUT2D eigenvalue weighted by Crippen LogP contribution is -2.32. The Kier molecular flexibility index (Phi) is 15.2. The van der Waals surface area contributed by atoms with Gasteiger partial charge in [-0.05, 0) is 62.4 Å². The summed E-state index contributed by atoms with van der Waals surface area (Å²) < 4.78 is 4.73. The van der Waals surface area contributed by atoms with E-state index in [-0.39, 0.29) is 17.8 Å². The van der Waals surface area contributed by atoms with E-state index in [0.717, 1.165) is 56.0 Å². The second kappa shape index (κ2) is 15.8. The van der Waals surface area contributed by atoms with Crippen LogP contribution in [0.2, 0.25) is 0 Å². The molecule has 3 N–H and O–H groups in total. The first-order valence-corrected chi connectivity index (χ1v) is 11.3. The van der Waals surface area contributed by atoms with Gasteiger partial charge in [-0.25, -0.2) is 0 Å². The molecule has 0 spiro atoms. The first kappa shape index (κ1) is 26.9. The van der Waals surface area contributed by atoms with Crippen molar-refractivity contribution in [2.75, 3.05) is 20.2 Å². The number of nitrogens with two attached hydrogens (primary N) is 1. The number of primary amides is 1. The molecule has 2 saturated carbocycles. The summed E-state index contributed by atoms with van der Waals surface area (Å²) in [4.78, 5) is 20.5. The number of fused-ring (bicyclic) bond motifs is 2. The number of carbonyl (C=O) groups excluding carboxylic acids is 2. The van der Waals surface area contributed by atoms with Crippen LogP contribution in [0.1, 0.15) is 86.0 Å². The van der Waals surface area contributed by atoms with Crippen molar-refractivity contribution in [3.05, 3.63) is 0 Å². The minimum atomic E-state index is -0.333. The van der Waals surface area contributed by atoms with Gasteiger partial charge in [-0.3, -0.25) is 9.59 Å². The molecule has 1 amide bonds. The van der Waals surface area contributed by atoms with Crippen LogP contribution in [0.5, 0.6) is 0 Å². The second-order valence-electron chi connectivity index (χ2n) is 8.63. The topological polar surface area (TPSA) is 81.4 Å². The molecule has 5 atom stereocenters. The van der Waals surface area contributed by atoms with Crippen LogP contribution in [0, 0.1) is 29.6 Å². The predicted octanol–water partition coefficient (Wildman–Crippen LogP) is 4.54. The van der Waals surface area contributed by atoms with Gasteiger partial charge < -0.3 is 15.8 Å². The van der Waals surface area contributed by atoms with E-state index in [1.807, 2.05) is 0 Å². The minimum absolute atomic E-state index is 0.0697. The molecule has 2 rings (SSSR count). The monoisotopic (exact) mass is 398 g/mol. The van der Waals surface area contributed by atoms with Gasteiger partial charge in [0.2, 0.25) is 5.91 Å². The fourth-order valence-electron chi connectivity index (χ4n) is 4.58. The van der Waals surface area contributed by atoms with Gasteiger partial charge >= 0.3 is 5.97 Å². The summed E-state index contributed by atoms with van der Waals surface area (Å²) in [5.41, 5.74) is 4.47. The normalized spacial score (nSPS) is 26.6. The molecule has 0 aliphatic heterocycles. The Hall–Kier alpha value is -1.10. The van der Waals surface area contributed by atoms with E-state index in [1.54, 1.807) is 6.42 Å². The van der Waals surface area contributed by atoms with Crippen LogP contribution in [0.3, 0.4) is 0 Å². The zero-order valence-electron chi connectivity index (χ0n) is 19.3. The van der Waals surface area contributed by atoms with E-state index in [0.29, 0.717) is 0 Å². The van der Waals surface area contributed by atoms with Crippen molar-refractivity contribution < 1.29 is 14.3 Å². The second-order valence-corrected chi connectivity index (χ2v) is 8.63. The Balaban J connectivity index is 0.000000440. The molecule has 5 nitrogen and oxygen atoms in total. The molecule has 0 aromatic rings. The number of rotatable bonds is 7. The molecule has 0 saturated heterocycles. The number of nitrogens with one attached hydrogen (secondary N) is 1. The number of methoxy groups -OCH3 is 1. The van der Waals surface area contributed by atoms with Gasteiger partial charge in [0, 0.05) is 6.92 Å². The molecule has 5 heteroatoms. The van der Waals surface area contributed by atoms with E-state index in [4.69, 9.17) is 4.74 Å². The first-order valence-electron chi connectivity index (χ1n) is 11.3. The van der Waals surface area contributed by atoms with E-state index in [1.165, 1.54) is 39.7 Å². The highest BCUT2D eigenvalue weighted by Gasteiger charge is 2.34. The van der Waals surface area contributed by atoms with Gasteiger partial charge in [-0.2, -0.15) is 0 Å². The van der Waals surface area contributed by atoms with Gasteiger partial charge in [-0.15, -0.1) is 0 Å². The summed E-state index contributed by atoms with van der Waals surface area (Å²) in [7, 11) is 1.46. The number of hydrogen-bond acceptors (Lipinski definition) is 4. The molecule has 28 heavy (non-hydrogen) atoms. The summed E-state index contributed by atoms with van der Waals surface area (Å²) >= 11 is 0. The highest BCUT2D eigenvalue weighted by Crippen LogP contribution is 2.45. The molecule has 166 valence electrons. The van der Waals surface area contributed by atoms with Crippen molar-refractivity contribution in [2.45, 2.75) is 86.0 Å². The Bertz CT molecular complexity index is 422. The van der Waals surface area contributed by atoms with Gasteiger partial charge in [0.15, 0.2) is 0 Å². The Morgan fingerprint density at radius 1 is 1.14 bits per heavy atom. The maximum absolute atomic E-state index is 11.2.